The number of fused-ring (bicyclic) bond motifs is 1. The van der Waals surface area contributed by atoms with Crippen molar-refractivity contribution in [2.75, 3.05) is 24.6 Å². The van der Waals surface area contributed by atoms with Crippen molar-refractivity contribution in [3.63, 3.8) is 0 Å². The van der Waals surface area contributed by atoms with Gasteiger partial charge in [-0.15, -0.1) is 0 Å². The molecule has 0 atom stereocenters. The van der Waals surface area contributed by atoms with Gasteiger partial charge in [0, 0.05) is 24.0 Å². The van der Waals surface area contributed by atoms with Crippen molar-refractivity contribution in [3.8, 4) is 0 Å². The zero-order chi connectivity index (χ0) is 15.0. The lowest BCUT2D eigenvalue weighted by atomic mass is 10.0. The van der Waals surface area contributed by atoms with Gasteiger partial charge in [0.15, 0.2) is 9.84 Å². The van der Waals surface area contributed by atoms with E-state index in [1.54, 1.807) is 24.3 Å². The number of amides is 1. The second-order valence-electron chi connectivity index (χ2n) is 5.08. The highest BCUT2D eigenvalue weighted by Crippen LogP contribution is 2.23. The largest absolute Gasteiger partial charge is 0.337 e. The Balaban J connectivity index is 1.98. The maximum absolute atomic E-state index is 13.8. The van der Waals surface area contributed by atoms with Crippen LogP contribution in [-0.4, -0.2) is 43.8 Å². The van der Waals surface area contributed by atoms with E-state index in [-0.39, 0.29) is 36.3 Å². The quantitative estimate of drug-likeness (QED) is 0.808. The van der Waals surface area contributed by atoms with Crippen molar-refractivity contribution in [2.45, 2.75) is 0 Å². The summed E-state index contributed by atoms with van der Waals surface area (Å²) in [5.74, 6) is -0.653. The number of sulfone groups is 1. The molecule has 110 valence electrons. The molecule has 1 aliphatic heterocycles. The number of carbonyl (C=O) groups excluding carboxylic acids is 1. The Labute approximate surface area is 122 Å². The van der Waals surface area contributed by atoms with Crippen molar-refractivity contribution < 1.29 is 17.6 Å². The minimum Gasteiger partial charge on any atom is -0.337 e. The summed E-state index contributed by atoms with van der Waals surface area (Å²) in [5, 5.41) is 0.948. The van der Waals surface area contributed by atoms with Crippen LogP contribution in [0.1, 0.15) is 10.4 Å². The normalized spacial score (nSPS) is 17.9. The highest BCUT2D eigenvalue weighted by molar-refractivity contribution is 7.91. The van der Waals surface area contributed by atoms with Crippen molar-refractivity contribution in [3.05, 3.63) is 47.8 Å². The summed E-state index contributed by atoms with van der Waals surface area (Å²) in [6, 6.07) is 9.53. The number of benzene rings is 2. The van der Waals surface area contributed by atoms with Crippen LogP contribution in [0.2, 0.25) is 0 Å². The second kappa shape index (κ2) is 5.11. The Hall–Kier alpha value is -1.95. The molecule has 6 heteroatoms. The van der Waals surface area contributed by atoms with E-state index in [0.29, 0.717) is 16.3 Å². The van der Waals surface area contributed by atoms with Crippen molar-refractivity contribution in [2.24, 2.45) is 0 Å². The third kappa shape index (κ3) is 2.63. The maximum Gasteiger partial charge on any atom is 0.254 e. The zero-order valence-corrected chi connectivity index (χ0v) is 12.1. The average molecular weight is 307 g/mol. The summed E-state index contributed by atoms with van der Waals surface area (Å²) in [4.78, 5) is 14.1. The molecule has 0 N–H and O–H groups in total. The van der Waals surface area contributed by atoms with Crippen LogP contribution in [-0.2, 0) is 9.84 Å². The lowest BCUT2D eigenvalue weighted by Crippen LogP contribution is -2.43. The van der Waals surface area contributed by atoms with Crippen LogP contribution < -0.4 is 0 Å². The van der Waals surface area contributed by atoms with Gasteiger partial charge in [-0.2, -0.15) is 0 Å². The summed E-state index contributed by atoms with van der Waals surface area (Å²) < 4.78 is 36.6. The number of halogens is 1. The van der Waals surface area contributed by atoms with E-state index < -0.39 is 9.84 Å². The Bertz CT molecular complexity index is 803. The van der Waals surface area contributed by atoms with Crippen molar-refractivity contribution in [1.82, 2.24) is 4.90 Å². The predicted molar refractivity (Wildman–Crippen MR) is 78.5 cm³/mol. The third-order valence-electron chi connectivity index (χ3n) is 3.73. The van der Waals surface area contributed by atoms with Crippen LogP contribution in [0.25, 0.3) is 10.8 Å². The fraction of sp³-hybridized carbons (Fsp3) is 0.267. The molecule has 0 spiro atoms. The minimum absolute atomic E-state index is 0.0160. The monoisotopic (exact) mass is 307 g/mol. The molecule has 1 heterocycles. The standard InChI is InChI=1S/C15H14FNO3S/c16-14-6-5-13(11-3-1-2-4-12(11)14)15(18)17-7-9-21(19,20)10-8-17/h1-6H,7-10H2. The van der Waals surface area contributed by atoms with Gasteiger partial charge >= 0.3 is 0 Å². The Morgan fingerprint density at radius 1 is 1.00 bits per heavy atom. The van der Waals surface area contributed by atoms with Gasteiger partial charge in [-0.1, -0.05) is 24.3 Å². The first-order valence-electron chi connectivity index (χ1n) is 6.65. The van der Waals surface area contributed by atoms with Crippen LogP contribution in [0.15, 0.2) is 36.4 Å². The molecule has 0 saturated carbocycles. The average Bonchev–Trinajstić information content (AvgIpc) is 2.47. The first-order chi connectivity index (χ1) is 9.98. The van der Waals surface area contributed by atoms with Crippen LogP contribution in [0.4, 0.5) is 4.39 Å². The molecule has 0 aliphatic carbocycles. The van der Waals surface area contributed by atoms with E-state index in [1.807, 2.05) is 0 Å². The molecular formula is C15H14FNO3S. The van der Waals surface area contributed by atoms with Gasteiger partial charge in [0.05, 0.1) is 11.5 Å². The summed E-state index contributed by atoms with van der Waals surface area (Å²) in [6.45, 7) is 0.375. The van der Waals surface area contributed by atoms with Gasteiger partial charge < -0.3 is 4.90 Å². The van der Waals surface area contributed by atoms with Crippen LogP contribution in [0.5, 0.6) is 0 Å². The topological polar surface area (TPSA) is 54.5 Å². The van der Waals surface area contributed by atoms with Crippen LogP contribution in [0, 0.1) is 5.82 Å². The highest BCUT2D eigenvalue weighted by Gasteiger charge is 2.26. The fourth-order valence-corrected chi connectivity index (χ4v) is 3.74. The van der Waals surface area contributed by atoms with Gasteiger partial charge in [0.2, 0.25) is 0 Å². The predicted octanol–water partition coefficient (Wildman–Crippen LogP) is 1.85. The van der Waals surface area contributed by atoms with E-state index >= 15 is 0 Å². The molecule has 21 heavy (non-hydrogen) atoms. The van der Waals surface area contributed by atoms with Gasteiger partial charge in [-0.25, -0.2) is 12.8 Å². The molecule has 0 unspecified atom stereocenters. The van der Waals surface area contributed by atoms with Crippen molar-refractivity contribution in [1.29, 1.82) is 0 Å². The van der Waals surface area contributed by atoms with E-state index in [0.717, 1.165) is 0 Å². The minimum atomic E-state index is -3.03. The van der Waals surface area contributed by atoms with E-state index in [2.05, 4.69) is 0 Å². The molecule has 2 aromatic carbocycles. The number of hydrogen-bond donors (Lipinski definition) is 0. The lowest BCUT2D eigenvalue weighted by Gasteiger charge is -2.27. The third-order valence-corrected chi connectivity index (χ3v) is 5.34. The summed E-state index contributed by atoms with van der Waals surface area (Å²) in [5.41, 5.74) is 0.409. The van der Waals surface area contributed by atoms with Gasteiger partial charge in [-0.3, -0.25) is 4.79 Å². The molecule has 2 aromatic rings. The maximum atomic E-state index is 13.8. The SMILES string of the molecule is O=C(c1ccc(F)c2ccccc12)N1CCS(=O)(=O)CC1. The first-order valence-corrected chi connectivity index (χ1v) is 8.47. The Morgan fingerprint density at radius 3 is 2.29 bits per heavy atom. The number of carbonyl (C=O) groups is 1. The summed E-state index contributed by atoms with van der Waals surface area (Å²) in [6.07, 6.45) is 0. The molecule has 1 fully saturated rings. The van der Waals surface area contributed by atoms with E-state index in [1.165, 1.54) is 17.0 Å². The van der Waals surface area contributed by atoms with E-state index in [4.69, 9.17) is 0 Å². The zero-order valence-electron chi connectivity index (χ0n) is 11.3. The molecule has 0 bridgehead atoms. The fourth-order valence-electron chi connectivity index (χ4n) is 2.53. The number of rotatable bonds is 1. The van der Waals surface area contributed by atoms with Crippen molar-refractivity contribution >= 4 is 26.5 Å². The van der Waals surface area contributed by atoms with E-state index in [9.17, 15) is 17.6 Å². The van der Waals surface area contributed by atoms with Gasteiger partial charge in [-0.05, 0) is 17.5 Å². The van der Waals surface area contributed by atoms with Gasteiger partial charge in [0.1, 0.15) is 5.82 Å². The number of hydrogen-bond acceptors (Lipinski definition) is 3. The smallest absolute Gasteiger partial charge is 0.254 e. The summed E-state index contributed by atoms with van der Waals surface area (Å²) >= 11 is 0. The summed E-state index contributed by atoms with van der Waals surface area (Å²) in [7, 11) is -3.03. The Morgan fingerprint density at radius 2 is 1.62 bits per heavy atom. The number of nitrogens with zero attached hydrogens (tertiary/aromatic N) is 1. The molecule has 0 radical (unpaired) electrons. The molecular weight excluding hydrogens is 293 g/mol. The Kier molecular flexibility index (Phi) is 3.41. The highest BCUT2D eigenvalue weighted by atomic mass is 32.2. The first kappa shape index (κ1) is 14.0. The van der Waals surface area contributed by atoms with Crippen LogP contribution >= 0.6 is 0 Å². The molecule has 1 saturated heterocycles. The molecule has 3 rings (SSSR count). The molecule has 4 nitrogen and oxygen atoms in total. The molecule has 1 aliphatic rings. The van der Waals surface area contributed by atoms with Crippen LogP contribution in [0.3, 0.4) is 0 Å². The lowest BCUT2D eigenvalue weighted by molar-refractivity contribution is 0.0772. The van der Waals surface area contributed by atoms with Gasteiger partial charge in [0.25, 0.3) is 5.91 Å². The second-order valence-corrected chi connectivity index (χ2v) is 7.39. The molecule has 0 aromatic heterocycles. The molecule has 1 amide bonds.